The molecule has 0 bridgehead atoms. The maximum Gasteiger partial charge on any atom is 0.225 e. The number of hydrogen-bond donors (Lipinski definition) is 0. The minimum absolute atomic E-state index is 0.0114. The molecule has 0 aromatic carbocycles. The zero-order valence-corrected chi connectivity index (χ0v) is 14.0. The Kier molecular flexibility index (Phi) is 5.27. The van der Waals surface area contributed by atoms with E-state index in [0.717, 1.165) is 24.4 Å². The van der Waals surface area contributed by atoms with Crippen LogP contribution < -0.4 is 0 Å². The molecule has 5 heteroatoms. The van der Waals surface area contributed by atoms with E-state index in [0.29, 0.717) is 19.6 Å². The van der Waals surface area contributed by atoms with E-state index < -0.39 is 0 Å². The third kappa shape index (κ3) is 3.90. The van der Waals surface area contributed by atoms with Gasteiger partial charge in [0.25, 0.3) is 0 Å². The molecule has 0 spiro atoms. The van der Waals surface area contributed by atoms with Gasteiger partial charge < -0.3 is 14.2 Å². The first-order valence-corrected chi connectivity index (χ1v) is 7.97. The van der Waals surface area contributed by atoms with Gasteiger partial charge in [0, 0.05) is 32.0 Å². The largest absolute Gasteiger partial charge is 0.464 e. The van der Waals surface area contributed by atoms with Crippen molar-refractivity contribution in [2.45, 2.75) is 40.2 Å². The number of piperidine rings is 1. The fourth-order valence-electron chi connectivity index (χ4n) is 2.91. The summed E-state index contributed by atoms with van der Waals surface area (Å²) in [7, 11) is 1.81. The second-order valence-electron chi connectivity index (χ2n) is 6.46. The molecule has 1 aromatic rings. The zero-order valence-electron chi connectivity index (χ0n) is 14.0. The van der Waals surface area contributed by atoms with Crippen LogP contribution in [0.25, 0.3) is 0 Å². The van der Waals surface area contributed by atoms with E-state index in [-0.39, 0.29) is 23.7 Å². The summed E-state index contributed by atoms with van der Waals surface area (Å²) in [6, 6.07) is 3.81. The van der Waals surface area contributed by atoms with Crippen molar-refractivity contribution in [2.24, 2.45) is 11.8 Å². The molecule has 2 rings (SSSR count). The molecular formula is C17H26N2O3. The first-order chi connectivity index (χ1) is 10.4. The Morgan fingerprint density at radius 3 is 2.45 bits per heavy atom. The number of hydrogen-bond acceptors (Lipinski definition) is 3. The molecule has 0 N–H and O–H groups in total. The number of likely N-dealkylation sites (tertiary alicyclic amines) is 1. The molecule has 1 aliphatic heterocycles. The van der Waals surface area contributed by atoms with Gasteiger partial charge in [0.2, 0.25) is 11.8 Å². The summed E-state index contributed by atoms with van der Waals surface area (Å²) < 4.78 is 5.52. The van der Waals surface area contributed by atoms with Gasteiger partial charge in [0.1, 0.15) is 11.5 Å². The topological polar surface area (TPSA) is 53.8 Å². The first-order valence-electron chi connectivity index (χ1n) is 7.97. The Morgan fingerprint density at radius 2 is 1.95 bits per heavy atom. The molecule has 1 saturated heterocycles. The van der Waals surface area contributed by atoms with Crippen LogP contribution in [0.15, 0.2) is 16.5 Å². The van der Waals surface area contributed by atoms with Gasteiger partial charge in [-0.15, -0.1) is 0 Å². The van der Waals surface area contributed by atoms with Crippen LogP contribution in [0.4, 0.5) is 0 Å². The fourth-order valence-corrected chi connectivity index (χ4v) is 2.91. The van der Waals surface area contributed by atoms with Crippen LogP contribution in [0, 0.1) is 18.8 Å². The van der Waals surface area contributed by atoms with Gasteiger partial charge in [-0.25, -0.2) is 0 Å². The maximum atomic E-state index is 12.5. The van der Waals surface area contributed by atoms with Crippen LogP contribution in [0.5, 0.6) is 0 Å². The van der Waals surface area contributed by atoms with Crippen molar-refractivity contribution in [1.29, 1.82) is 0 Å². The van der Waals surface area contributed by atoms with Crippen LogP contribution in [0.3, 0.4) is 0 Å². The first kappa shape index (κ1) is 16.6. The molecule has 2 amide bonds. The van der Waals surface area contributed by atoms with E-state index in [1.54, 1.807) is 4.90 Å². The van der Waals surface area contributed by atoms with Crippen molar-refractivity contribution in [1.82, 2.24) is 9.80 Å². The highest BCUT2D eigenvalue weighted by atomic mass is 16.3. The second kappa shape index (κ2) is 6.99. The van der Waals surface area contributed by atoms with Crippen LogP contribution in [-0.2, 0) is 16.1 Å². The van der Waals surface area contributed by atoms with Crippen molar-refractivity contribution >= 4 is 11.8 Å². The van der Waals surface area contributed by atoms with Gasteiger partial charge in [-0.3, -0.25) is 9.59 Å². The summed E-state index contributed by atoms with van der Waals surface area (Å²) in [4.78, 5) is 28.1. The molecule has 0 saturated carbocycles. The van der Waals surface area contributed by atoms with Gasteiger partial charge in [0.15, 0.2) is 0 Å². The summed E-state index contributed by atoms with van der Waals surface area (Å²) in [5.74, 6) is 2.03. The summed E-state index contributed by atoms with van der Waals surface area (Å²) in [5.41, 5.74) is 0. The lowest BCUT2D eigenvalue weighted by atomic mass is 9.94. The maximum absolute atomic E-state index is 12.5. The minimum Gasteiger partial charge on any atom is -0.464 e. The third-order valence-corrected chi connectivity index (χ3v) is 4.22. The third-order valence-electron chi connectivity index (χ3n) is 4.22. The molecule has 2 heterocycles. The van der Waals surface area contributed by atoms with E-state index in [4.69, 9.17) is 4.42 Å². The Labute approximate surface area is 132 Å². The SMILES string of the molecule is Cc1ccc(CN(C)C(=O)C2CCN(C(=O)C(C)C)CC2)o1. The van der Waals surface area contributed by atoms with E-state index in [1.807, 2.05) is 44.9 Å². The van der Waals surface area contributed by atoms with E-state index >= 15 is 0 Å². The summed E-state index contributed by atoms with van der Waals surface area (Å²) >= 11 is 0. The van der Waals surface area contributed by atoms with Gasteiger partial charge in [-0.2, -0.15) is 0 Å². The van der Waals surface area contributed by atoms with Crippen molar-refractivity contribution in [3.63, 3.8) is 0 Å². The van der Waals surface area contributed by atoms with Gasteiger partial charge in [-0.05, 0) is 31.9 Å². The predicted octanol–water partition coefficient (Wildman–Crippen LogP) is 2.44. The monoisotopic (exact) mass is 306 g/mol. The lowest BCUT2D eigenvalue weighted by molar-refractivity contribution is -0.141. The number of carbonyl (C=O) groups excluding carboxylic acids is 2. The quantitative estimate of drug-likeness (QED) is 0.858. The Balaban J connectivity index is 1.85. The molecule has 0 atom stereocenters. The van der Waals surface area contributed by atoms with Crippen molar-refractivity contribution in [3.05, 3.63) is 23.7 Å². The Morgan fingerprint density at radius 1 is 1.32 bits per heavy atom. The number of furan rings is 1. The number of nitrogens with zero attached hydrogens (tertiary/aromatic N) is 2. The predicted molar refractivity (Wildman–Crippen MR) is 84.1 cm³/mol. The van der Waals surface area contributed by atoms with Crippen LogP contribution in [0.1, 0.15) is 38.2 Å². The standard InChI is InChI=1S/C17H26N2O3/c1-12(2)16(20)19-9-7-14(8-10-19)17(21)18(4)11-15-6-5-13(3)22-15/h5-6,12,14H,7-11H2,1-4H3. The smallest absolute Gasteiger partial charge is 0.225 e. The average molecular weight is 306 g/mol. The van der Waals surface area contributed by atoms with Crippen LogP contribution in [0.2, 0.25) is 0 Å². The zero-order chi connectivity index (χ0) is 16.3. The molecule has 22 heavy (non-hydrogen) atoms. The van der Waals surface area contributed by atoms with E-state index in [9.17, 15) is 9.59 Å². The molecule has 122 valence electrons. The molecule has 5 nitrogen and oxygen atoms in total. The van der Waals surface area contributed by atoms with Crippen LogP contribution >= 0.6 is 0 Å². The van der Waals surface area contributed by atoms with Crippen molar-refractivity contribution in [2.75, 3.05) is 20.1 Å². The highest BCUT2D eigenvalue weighted by Gasteiger charge is 2.29. The molecule has 1 aliphatic rings. The van der Waals surface area contributed by atoms with Gasteiger partial charge in [0.05, 0.1) is 6.54 Å². The molecule has 0 radical (unpaired) electrons. The summed E-state index contributed by atoms with van der Waals surface area (Å²) in [6.07, 6.45) is 1.50. The highest BCUT2D eigenvalue weighted by Crippen LogP contribution is 2.21. The van der Waals surface area contributed by atoms with Crippen LogP contribution in [-0.4, -0.2) is 41.8 Å². The lowest BCUT2D eigenvalue weighted by Gasteiger charge is -2.34. The van der Waals surface area contributed by atoms with Crippen molar-refractivity contribution in [3.8, 4) is 0 Å². The van der Waals surface area contributed by atoms with Gasteiger partial charge >= 0.3 is 0 Å². The molecule has 0 unspecified atom stereocenters. The number of rotatable bonds is 4. The molecular weight excluding hydrogens is 280 g/mol. The fraction of sp³-hybridized carbons (Fsp3) is 0.647. The Hall–Kier alpha value is -1.78. The number of amides is 2. The normalized spacial score (nSPS) is 16.1. The lowest BCUT2D eigenvalue weighted by Crippen LogP contribution is -2.44. The number of aryl methyl sites for hydroxylation is 1. The minimum atomic E-state index is 0.0114. The van der Waals surface area contributed by atoms with Gasteiger partial charge in [-0.1, -0.05) is 13.8 Å². The highest BCUT2D eigenvalue weighted by molar-refractivity contribution is 5.80. The number of carbonyl (C=O) groups is 2. The average Bonchev–Trinajstić information content (AvgIpc) is 2.90. The molecule has 0 aliphatic carbocycles. The second-order valence-corrected chi connectivity index (χ2v) is 6.46. The molecule has 1 aromatic heterocycles. The van der Waals surface area contributed by atoms with E-state index in [2.05, 4.69) is 0 Å². The molecule has 1 fully saturated rings. The van der Waals surface area contributed by atoms with E-state index in [1.165, 1.54) is 0 Å². The van der Waals surface area contributed by atoms with Crippen molar-refractivity contribution < 1.29 is 14.0 Å². The Bertz CT molecular complexity index is 528. The summed E-state index contributed by atoms with van der Waals surface area (Å²) in [6.45, 7) is 7.59. The summed E-state index contributed by atoms with van der Waals surface area (Å²) in [5, 5.41) is 0.